The first-order valence-corrected chi connectivity index (χ1v) is 6.90. The first kappa shape index (κ1) is 14.2. The van der Waals surface area contributed by atoms with Crippen LogP contribution in [0, 0.1) is 0 Å². The van der Waals surface area contributed by atoms with Gasteiger partial charge in [-0.15, -0.1) is 0 Å². The summed E-state index contributed by atoms with van der Waals surface area (Å²) in [6.45, 7) is 14.0. The van der Waals surface area contributed by atoms with E-state index in [9.17, 15) is 4.79 Å². The zero-order valence-electron chi connectivity index (χ0n) is 11.6. The third-order valence-corrected chi connectivity index (χ3v) is 3.90. The Kier molecular flexibility index (Phi) is 4.31. The molecule has 0 aromatic carbocycles. The third-order valence-electron chi connectivity index (χ3n) is 2.68. The molecule has 17 heavy (non-hydrogen) atoms. The summed E-state index contributed by atoms with van der Waals surface area (Å²) in [7, 11) is 0. The van der Waals surface area contributed by atoms with Crippen LogP contribution in [0.5, 0.6) is 0 Å². The van der Waals surface area contributed by atoms with Crippen molar-refractivity contribution in [3.05, 3.63) is 10.6 Å². The van der Waals surface area contributed by atoms with Crippen LogP contribution in [0.25, 0.3) is 0 Å². The molecule has 3 nitrogen and oxygen atoms in total. The van der Waals surface area contributed by atoms with Gasteiger partial charge >= 0.3 is 0 Å². The zero-order valence-corrected chi connectivity index (χ0v) is 12.4. The molecule has 1 aromatic heterocycles. The lowest BCUT2D eigenvalue weighted by molar-refractivity contribution is 0.101. The van der Waals surface area contributed by atoms with Crippen molar-refractivity contribution >= 4 is 22.3 Å². The molecule has 0 spiro atoms. The van der Waals surface area contributed by atoms with Crippen LogP contribution < -0.4 is 4.90 Å². The molecule has 4 heteroatoms. The highest BCUT2D eigenvalue weighted by atomic mass is 32.1. The van der Waals surface area contributed by atoms with E-state index in [-0.39, 0.29) is 11.2 Å². The molecule has 0 unspecified atom stereocenters. The molecule has 96 valence electrons. The topological polar surface area (TPSA) is 33.2 Å². The SMILES string of the molecule is CCN(CC)c1nc(C(C)(C)C)c(C(C)=O)s1. The number of rotatable bonds is 4. The van der Waals surface area contributed by atoms with Crippen LogP contribution in [-0.4, -0.2) is 23.9 Å². The van der Waals surface area contributed by atoms with Gasteiger partial charge in [-0.3, -0.25) is 4.79 Å². The number of carbonyl (C=O) groups is 1. The van der Waals surface area contributed by atoms with Gasteiger partial charge in [0.05, 0.1) is 10.6 Å². The highest BCUT2D eigenvalue weighted by molar-refractivity contribution is 7.17. The maximum atomic E-state index is 11.7. The average molecular weight is 254 g/mol. The molecule has 0 atom stereocenters. The van der Waals surface area contributed by atoms with Crippen LogP contribution in [0.2, 0.25) is 0 Å². The normalized spacial score (nSPS) is 11.6. The molecule has 1 heterocycles. The molecule has 0 aliphatic carbocycles. The van der Waals surface area contributed by atoms with Gasteiger partial charge in [0.25, 0.3) is 0 Å². The van der Waals surface area contributed by atoms with E-state index in [2.05, 4.69) is 44.5 Å². The minimum atomic E-state index is -0.0805. The maximum absolute atomic E-state index is 11.7. The summed E-state index contributed by atoms with van der Waals surface area (Å²) < 4.78 is 0. The van der Waals surface area contributed by atoms with E-state index in [1.54, 1.807) is 6.92 Å². The van der Waals surface area contributed by atoms with E-state index < -0.39 is 0 Å². The van der Waals surface area contributed by atoms with Gasteiger partial charge in [-0.25, -0.2) is 4.98 Å². The van der Waals surface area contributed by atoms with Crippen molar-refractivity contribution in [2.75, 3.05) is 18.0 Å². The van der Waals surface area contributed by atoms with E-state index in [4.69, 9.17) is 0 Å². The van der Waals surface area contributed by atoms with E-state index >= 15 is 0 Å². The number of nitrogens with zero attached hydrogens (tertiary/aromatic N) is 2. The highest BCUT2D eigenvalue weighted by Gasteiger charge is 2.26. The highest BCUT2D eigenvalue weighted by Crippen LogP contribution is 2.33. The molecule has 0 aliphatic rings. The zero-order chi connectivity index (χ0) is 13.2. The molecule has 0 fully saturated rings. The summed E-state index contributed by atoms with van der Waals surface area (Å²) in [5.74, 6) is 0.117. The first-order chi connectivity index (χ1) is 7.81. The van der Waals surface area contributed by atoms with Crippen LogP contribution in [0.1, 0.15) is 56.9 Å². The standard InChI is InChI=1S/C13H22N2OS/c1-7-15(8-2)12-14-11(13(4,5)6)10(17-12)9(3)16/h7-8H2,1-6H3. The number of carbonyl (C=O) groups excluding carboxylic acids is 1. The van der Waals surface area contributed by atoms with E-state index in [1.807, 2.05) is 0 Å². The number of hydrogen-bond donors (Lipinski definition) is 0. The summed E-state index contributed by atoms with van der Waals surface area (Å²) in [6.07, 6.45) is 0. The molecule has 0 N–H and O–H groups in total. The van der Waals surface area contributed by atoms with Crippen molar-refractivity contribution in [1.82, 2.24) is 4.98 Å². The van der Waals surface area contributed by atoms with Crippen LogP contribution in [0.3, 0.4) is 0 Å². The van der Waals surface area contributed by atoms with Crippen LogP contribution >= 0.6 is 11.3 Å². The molecule has 0 saturated carbocycles. The van der Waals surface area contributed by atoms with Gasteiger partial charge in [0, 0.05) is 25.4 Å². The monoisotopic (exact) mass is 254 g/mol. The second kappa shape index (κ2) is 5.17. The molecule has 0 bridgehead atoms. The number of aromatic nitrogens is 1. The van der Waals surface area contributed by atoms with Gasteiger partial charge in [0.15, 0.2) is 10.9 Å². The predicted molar refractivity (Wildman–Crippen MR) is 74.4 cm³/mol. The van der Waals surface area contributed by atoms with Gasteiger partial charge in [0.2, 0.25) is 0 Å². The van der Waals surface area contributed by atoms with E-state index in [0.29, 0.717) is 0 Å². The Balaban J connectivity index is 3.26. The fraction of sp³-hybridized carbons (Fsp3) is 0.692. The fourth-order valence-electron chi connectivity index (χ4n) is 1.69. The lowest BCUT2D eigenvalue weighted by atomic mass is 9.91. The van der Waals surface area contributed by atoms with E-state index in [1.165, 1.54) is 11.3 Å². The Labute approximate surface area is 108 Å². The van der Waals surface area contributed by atoms with E-state index in [0.717, 1.165) is 28.8 Å². The lowest BCUT2D eigenvalue weighted by Crippen LogP contribution is -2.22. The summed E-state index contributed by atoms with van der Waals surface area (Å²) in [5, 5.41) is 0.963. The van der Waals surface area contributed by atoms with Crippen LogP contribution in [0.15, 0.2) is 0 Å². The van der Waals surface area contributed by atoms with Gasteiger partial charge < -0.3 is 4.90 Å². The van der Waals surface area contributed by atoms with Gasteiger partial charge in [-0.1, -0.05) is 32.1 Å². The van der Waals surface area contributed by atoms with Gasteiger partial charge in [-0.05, 0) is 13.8 Å². The Bertz CT molecular complexity index is 400. The fourth-order valence-corrected chi connectivity index (χ4v) is 2.98. The van der Waals surface area contributed by atoms with Crippen LogP contribution in [-0.2, 0) is 5.41 Å². The first-order valence-electron chi connectivity index (χ1n) is 6.08. The third kappa shape index (κ3) is 3.06. The smallest absolute Gasteiger partial charge is 0.186 e. The van der Waals surface area contributed by atoms with Crippen molar-refractivity contribution in [2.45, 2.75) is 47.0 Å². The van der Waals surface area contributed by atoms with Crippen molar-refractivity contribution in [3.63, 3.8) is 0 Å². The van der Waals surface area contributed by atoms with Gasteiger partial charge in [0.1, 0.15) is 0 Å². The summed E-state index contributed by atoms with van der Waals surface area (Å²) in [4.78, 5) is 19.3. The molecule has 1 rings (SSSR count). The molecule has 0 aliphatic heterocycles. The average Bonchev–Trinajstić information content (AvgIpc) is 2.64. The molecule has 0 saturated heterocycles. The van der Waals surface area contributed by atoms with Crippen molar-refractivity contribution < 1.29 is 4.79 Å². The largest absolute Gasteiger partial charge is 0.349 e. The maximum Gasteiger partial charge on any atom is 0.186 e. The molecular weight excluding hydrogens is 232 g/mol. The summed E-state index contributed by atoms with van der Waals surface area (Å²) in [5.41, 5.74) is 0.847. The Morgan fingerprint density at radius 2 is 1.82 bits per heavy atom. The Hall–Kier alpha value is -0.900. The Morgan fingerprint density at radius 1 is 1.29 bits per heavy atom. The summed E-state index contributed by atoms with van der Waals surface area (Å²) >= 11 is 1.52. The number of hydrogen-bond acceptors (Lipinski definition) is 4. The molecule has 0 radical (unpaired) electrons. The molecular formula is C13H22N2OS. The van der Waals surface area contributed by atoms with Crippen molar-refractivity contribution in [3.8, 4) is 0 Å². The lowest BCUT2D eigenvalue weighted by Gasteiger charge is -2.18. The summed E-state index contributed by atoms with van der Waals surface area (Å²) in [6, 6.07) is 0. The number of ketones is 1. The van der Waals surface area contributed by atoms with Crippen LogP contribution in [0.4, 0.5) is 5.13 Å². The Morgan fingerprint density at radius 3 is 2.12 bits per heavy atom. The van der Waals surface area contributed by atoms with Crippen molar-refractivity contribution in [1.29, 1.82) is 0 Å². The minimum absolute atomic E-state index is 0.0805. The minimum Gasteiger partial charge on any atom is -0.349 e. The molecule has 1 aromatic rings. The number of Topliss-reactive ketones (excluding diaryl/α,β-unsaturated/α-hetero) is 1. The quantitative estimate of drug-likeness (QED) is 0.771. The molecule has 0 amide bonds. The second-order valence-electron chi connectivity index (χ2n) is 5.15. The second-order valence-corrected chi connectivity index (χ2v) is 6.13. The van der Waals surface area contributed by atoms with Gasteiger partial charge in [-0.2, -0.15) is 0 Å². The van der Waals surface area contributed by atoms with Crippen molar-refractivity contribution in [2.24, 2.45) is 0 Å². The number of anilines is 1. The predicted octanol–water partition coefficient (Wildman–Crippen LogP) is 3.49. The number of thiazole rings is 1.